The average molecular weight is 257 g/mol. The van der Waals surface area contributed by atoms with Gasteiger partial charge in [0.1, 0.15) is 0 Å². The van der Waals surface area contributed by atoms with E-state index >= 15 is 0 Å². The van der Waals surface area contributed by atoms with Gasteiger partial charge in [0.25, 0.3) is 5.91 Å². The van der Waals surface area contributed by atoms with Gasteiger partial charge in [0, 0.05) is 19.8 Å². The van der Waals surface area contributed by atoms with Gasteiger partial charge in [-0.05, 0) is 24.8 Å². The zero-order valence-corrected chi connectivity index (χ0v) is 11.2. The molecule has 1 heterocycles. The first kappa shape index (κ1) is 13.3. The molecule has 0 aliphatic rings. The van der Waals surface area contributed by atoms with E-state index in [2.05, 4.69) is 34.7 Å². The minimum absolute atomic E-state index is 0.0483. The lowest BCUT2D eigenvalue weighted by atomic mass is 10.1. The number of rotatable bonds is 6. The highest BCUT2D eigenvalue weighted by Gasteiger charge is 2.06. The third-order valence-electron chi connectivity index (χ3n) is 2.99. The van der Waals surface area contributed by atoms with Gasteiger partial charge in [-0.3, -0.25) is 9.48 Å². The molecule has 0 saturated carbocycles. The van der Waals surface area contributed by atoms with Crippen LogP contribution in [0.3, 0.4) is 0 Å². The highest BCUT2D eigenvalue weighted by molar-refractivity contribution is 5.93. The molecule has 0 aliphatic heterocycles. The van der Waals surface area contributed by atoms with Crippen molar-refractivity contribution in [1.82, 2.24) is 15.1 Å². The van der Waals surface area contributed by atoms with Crippen LogP contribution in [0.5, 0.6) is 0 Å². The van der Waals surface area contributed by atoms with Crippen molar-refractivity contribution in [3.05, 3.63) is 53.9 Å². The van der Waals surface area contributed by atoms with E-state index in [4.69, 9.17) is 0 Å². The molecule has 1 aromatic carbocycles. The summed E-state index contributed by atoms with van der Waals surface area (Å²) in [6.45, 7) is 0.709. The standard InChI is InChI=1S/C15H19N3O/c1-18-12-14(11-17-18)15(19)16-10-6-5-9-13-7-3-2-4-8-13/h2-4,7-8,11-12H,5-6,9-10H2,1H3,(H,16,19). The van der Waals surface area contributed by atoms with E-state index in [0.29, 0.717) is 12.1 Å². The number of carbonyl (C=O) groups excluding carboxylic acids is 1. The SMILES string of the molecule is Cn1cc(C(=O)NCCCCc2ccccc2)cn1. The second-order valence-electron chi connectivity index (χ2n) is 4.60. The number of amides is 1. The molecule has 4 heteroatoms. The Hall–Kier alpha value is -2.10. The van der Waals surface area contributed by atoms with Crippen LogP contribution in [-0.4, -0.2) is 22.2 Å². The molecule has 0 bridgehead atoms. The molecule has 2 aromatic rings. The number of nitrogens with zero attached hydrogens (tertiary/aromatic N) is 2. The Morgan fingerprint density at radius 1 is 1.26 bits per heavy atom. The third-order valence-corrected chi connectivity index (χ3v) is 2.99. The fraction of sp³-hybridized carbons (Fsp3) is 0.333. The fourth-order valence-corrected chi connectivity index (χ4v) is 1.94. The lowest BCUT2D eigenvalue weighted by molar-refractivity contribution is 0.0953. The lowest BCUT2D eigenvalue weighted by Crippen LogP contribution is -2.24. The van der Waals surface area contributed by atoms with Gasteiger partial charge in [-0.15, -0.1) is 0 Å². The van der Waals surface area contributed by atoms with Gasteiger partial charge in [-0.2, -0.15) is 5.10 Å². The van der Waals surface area contributed by atoms with Gasteiger partial charge in [0.05, 0.1) is 11.8 Å². The van der Waals surface area contributed by atoms with Gasteiger partial charge in [-0.1, -0.05) is 30.3 Å². The van der Waals surface area contributed by atoms with E-state index in [1.807, 2.05) is 6.07 Å². The summed E-state index contributed by atoms with van der Waals surface area (Å²) < 4.78 is 1.63. The van der Waals surface area contributed by atoms with E-state index in [1.165, 1.54) is 5.56 Å². The van der Waals surface area contributed by atoms with Crippen LogP contribution >= 0.6 is 0 Å². The third kappa shape index (κ3) is 4.25. The molecule has 2 rings (SSSR count). The number of benzene rings is 1. The van der Waals surface area contributed by atoms with Gasteiger partial charge in [0.15, 0.2) is 0 Å². The molecular weight excluding hydrogens is 238 g/mol. The topological polar surface area (TPSA) is 46.9 Å². The summed E-state index contributed by atoms with van der Waals surface area (Å²) in [6, 6.07) is 10.4. The van der Waals surface area contributed by atoms with Crippen LogP contribution in [-0.2, 0) is 13.5 Å². The van der Waals surface area contributed by atoms with Crippen molar-refractivity contribution in [2.75, 3.05) is 6.54 Å². The van der Waals surface area contributed by atoms with Crippen LogP contribution in [0.25, 0.3) is 0 Å². The quantitative estimate of drug-likeness (QED) is 0.806. The van der Waals surface area contributed by atoms with E-state index in [0.717, 1.165) is 19.3 Å². The first-order valence-electron chi connectivity index (χ1n) is 6.56. The average Bonchev–Trinajstić information content (AvgIpc) is 2.86. The van der Waals surface area contributed by atoms with Gasteiger partial charge in [0.2, 0.25) is 0 Å². The monoisotopic (exact) mass is 257 g/mol. The second-order valence-corrected chi connectivity index (χ2v) is 4.60. The Balaban J connectivity index is 1.63. The molecule has 0 saturated heterocycles. The number of carbonyl (C=O) groups is 1. The van der Waals surface area contributed by atoms with Crippen LogP contribution < -0.4 is 5.32 Å². The molecule has 0 unspecified atom stereocenters. The Morgan fingerprint density at radius 2 is 2.05 bits per heavy atom. The Labute approximate surface area is 113 Å². The minimum atomic E-state index is -0.0483. The normalized spacial score (nSPS) is 10.4. The molecule has 1 N–H and O–H groups in total. The molecule has 1 aromatic heterocycles. The Morgan fingerprint density at radius 3 is 2.74 bits per heavy atom. The molecule has 4 nitrogen and oxygen atoms in total. The van der Waals surface area contributed by atoms with Crippen LogP contribution in [0.15, 0.2) is 42.7 Å². The highest BCUT2D eigenvalue weighted by Crippen LogP contribution is 2.04. The largest absolute Gasteiger partial charge is 0.352 e. The van der Waals surface area contributed by atoms with Gasteiger partial charge in [-0.25, -0.2) is 0 Å². The molecule has 0 spiro atoms. The molecule has 100 valence electrons. The fourth-order valence-electron chi connectivity index (χ4n) is 1.94. The Kier molecular flexibility index (Phi) is 4.72. The van der Waals surface area contributed by atoms with E-state index in [9.17, 15) is 4.79 Å². The minimum Gasteiger partial charge on any atom is -0.352 e. The lowest BCUT2D eigenvalue weighted by Gasteiger charge is -2.04. The van der Waals surface area contributed by atoms with Crippen molar-refractivity contribution in [3.63, 3.8) is 0 Å². The number of unbranched alkanes of at least 4 members (excludes halogenated alkanes) is 1. The maximum Gasteiger partial charge on any atom is 0.254 e. The van der Waals surface area contributed by atoms with Crippen molar-refractivity contribution in [2.24, 2.45) is 7.05 Å². The summed E-state index contributed by atoms with van der Waals surface area (Å²) in [6.07, 6.45) is 6.43. The number of hydrogen-bond donors (Lipinski definition) is 1. The van der Waals surface area contributed by atoms with Crippen LogP contribution in [0.1, 0.15) is 28.8 Å². The van der Waals surface area contributed by atoms with Gasteiger partial charge >= 0.3 is 0 Å². The number of aromatic nitrogens is 2. The molecule has 1 amide bonds. The Bertz CT molecular complexity index is 519. The van der Waals surface area contributed by atoms with Gasteiger partial charge < -0.3 is 5.32 Å². The smallest absolute Gasteiger partial charge is 0.254 e. The van der Waals surface area contributed by atoms with E-state index in [1.54, 1.807) is 24.1 Å². The van der Waals surface area contributed by atoms with Crippen molar-refractivity contribution in [3.8, 4) is 0 Å². The van der Waals surface area contributed by atoms with E-state index in [-0.39, 0.29) is 5.91 Å². The molecule has 0 aliphatic carbocycles. The zero-order chi connectivity index (χ0) is 13.5. The summed E-state index contributed by atoms with van der Waals surface area (Å²) in [5.41, 5.74) is 1.96. The zero-order valence-electron chi connectivity index (χ0n) is 11.2. The first-order chi connectivity index (χ1) is 9.25. The second kappa shape index (κ2) is 6.73. The predicted octanol–water partition coefficient (Wildman–Crippen LogP) is 2.17. The van der Waals surface area contributed by atoms with Crippen molar-refractivity contribution in [1.29, 1.82) is 0 Å². The summed E-state index contributed by atoms with van der Waals surface area (Å²) in [5.74, 6) is -0.0483. The maximum absolute atomic E-state index is 11.7. The summed E-state index contributed by atoms with van der Waals surface area (Å²) in [5, 5.41) is 6.88. The summed E-state index contributed by atoms with van der Waals surface area (Å²) in [7, 11) is 1.80. The molecule has 0 atom stereocenters. The number of aryl methyl sites for hydroxylation is 2. The molecule has 19 heavy (non-hydrogen) atoms. The van der Waals surface area contributed by atoms with Crippen molar-refractivity contribution >= 4 is 5.91 Å². The van der Waals surface area contributed by atoms with Crippen LogP contribution in [0.2, 0.25) is 0 Å². The summed E-state index contributed by atoms with van der Waals surface area (Å²) in [4.78, 5) is 11.7. The molecule has 0 radical (unpaired) electrons. The van der Waals surface area contributed by atoms with Crippen LogP contribution in [0, 0.1) is 0 Å². The maximum atomic E-state index is 11.7. The highest BCUT2D eigenvalue weighted by atomic mass is 16.1. The first-order valence-corrected chi connectivity index (χ1v) is 6.56. The predicted molar refractivity (Wildman–Crippen MR) is 74.9 cm³/mol. The number of hydrogen-bond acceptors (Lipinski definition) is 2. The van der Waals surface area contributed by atoms with E-state index < -0.39 is 0 Å². The van der Waals surface area contributed by atoms with Crippen LogP contribution in [0.4, 0.5) is 0 Å². The van der Waals surface area contributed by atoms with Crippen molar-refractivity contribution < 1.29 is 4.79 Å². The van der Waals surface area contributed by atoms with Crippen molar-refractivity contribution in [2.45, 2.75) is 19.3 Å². The summed E-state index contributed by atoms with van der Waals surface area (Å²) >= 11 is 0. The molecule has 0 fully saturated rings. The number of nitrogens with one attached hydrogen (secondary N) is 1. The molecular formula is C15H19N3O.